The van der Waals surface area contributed by atoms with Crippen LogP contribution in [0.15, 0.2) is 75.0 Å². The minimum atomic E-state index is -3.56. The number of imidazole rings is 2. The number of hydrogen-bond donors (Lipinski definition) is 6. The molecule has 6 aromatic heterocycles. The Labute approximate surface area is 332 Å². The lowest BCUT2D eigenvalue weighted by atomic mass is 10.2. The van der Waals surface area contributed by atoms with E-state index in [9.17, 15) is 13.2 Å². The van der Waals surface area contributed by atoms with E-state index in [1.165, 1.54) is 10.7 Å². The molecule has 20 nitrogen and oxygen atoms in total. The monoisotopic (exact) mass is 904 g/mol. The first-order valence-corrected chi connectivity index (χ1v) is 20.5. The van der Waals surface area contributed by atoms with Gasteiger partial charge in [-0.2, -0.15) is 39.2 Å². The summed E-state index contributed by atoms with van der Waals surface area (Å²) in [6.07, 6.45) is 4.13. The first-order chi connectivity index (χ1) is 26.9. The maximum Gasteiger partial charge on any atom is 0.405 e. The SMILES string of the molecule is CS(=O)(=O)c1nc(NCc2nc3ccccc3[nH]2)n2ncc(Br)c2n1.O=C(O)NC12CC1CN(c1nc(NCc3nc4ccccc4[nH]3)n3ncc(Br)c3n1)C2. The largest absolute Gasteiger partial charge is 0.465 e. The number of benzene rings is 2. The lowest BCUT2D eigenvalue weighted by Crippen LogP contribution is -2.41. The summed E-state index contributed by atoms with van der Waals surface area (Å²) < 4.78 is 28.1. The van der Waals surface area contributed by atoms with Crippen molar-refractivity contribution in [3.05, 3.63) is 81.5 Å². The summed E-state index contributed by atoms with van der Waals surface area (Å²) in [6, 6.07) is 15.5. The van der Waals surface area contributed by atoms with E-state index in [-0.39, 0.29) is 22.6 Å². The summed E-state index contributed by atoms with van der Waals surface area (Å²) in [5, 5.41) is 26.4. The number of piperidine rings is 1. The number of nitrogens with one attached hydrogen (secondary N) is 5. The normalized spacial score (nSPS) is 17.6. The number of rotatable bonds is 9. The molecule has 10 rings (SSSR count). The molecule has 0 bridgehead atoms. The molecule has 1 saturated heterocycles. The molecule has 6 N–H and O–H groups in total. The molecular formula is C33H30Br2N16O4S. The first kappa shape index (κ1) is 35.7. The number of amides is 1. The zero-order valence-electron chi connectivity index (χ0n) is 29.1. The zero-order chi connectivity index (χ0) is 38.8. The van der Waals surface area contributed by atoms with Crippen LogP contribution >= 0.6 is 31.9 Å². The van der Waals surface area contributed by atoms with E-state index in [1.54, 1.807) is 10.7 Å². The van der Waals surface area contributed by atoms with Gasteiger partial charge in [-0.15, -0.1) is 0 Å². The van der Waals surface area contributed by atoms with Crippen molar-refractivity contribution in [2.24, 2.45) is 5.92 Å². The fourth-order valence-corrected chi connectivity index (χ4v) is 7.96. The van der Waals surface area contributed by atoms with Gasteiger partial charge in [0.25, 0.3) is 5.16 Å². The highest BCUT2D eigenvalue weighted by molar-refractivity contribution is 9.11. The van der Waals surface area contributed by atoms with E-state index in [0.717, 1.165) is 45.0 Å². The van der Waals surface area contributed by atoms with Gasteiger partial charge in [-0.3, -0.25) is 0 Å². The van der Waals surface area contributed by atoms with Crippen molar-refractivity contribution < 1.29 is 18.3 Å². The molecule has 2 aromatic carbocycles. The molecule has 0 radical (unpaired) electrons. The van der Waals surface area contributed by atoms with Crippen molar-refractivity contribution in [1.82, 2.24) is 64.4 Å². The molecule has 2 fully saturated rings. The molecule has 0 spiro atoms. The zero-order valence-corrected chi connectivity index (χ0v) is 33.1. The Balaban J connectivity index is 0.000000150. The second kappa shape index (κ2) is 13.7. The van der Waals surface area contributed by atoms with Gasteiger partial charge in [0.05, 0.1) is 62.0 Å². The lowest BCUT2D eigenvalue weighted by molar-refractivity contribution is 0.188. The van der Waals surface area contributed by atoms with E-state index in [4.69, 9.17) is 10.1 Å². The topological polar surface area (TPSA) is 254 Å². The van der Waals surface area contributed by atoms with Gasteiger partial charge in [0.2, 0.25) is 27.7 Å². The number of sulfone groups is 1. The van der Waals surface area contributed by atoms with Crippen LogP contribution in [0.4, 0.5) is 22.6 Å². The van der Waals surface area contributed by atoms with Crippen LogP contribution in [0.5, 0.6) is 0 Å². The number of anilines is 3. The van der Waals surface area contributed by atoms with Crippen LogP contribution in [0.2, 0.25) is 0 Å². The third-order valence-electron chi connectivity index (χ3n) is 9.44. The van der Waals surface area contributed by atoms with Crippen LogP contribution in [0, 0.1) is 5.92 Å². The highest BCUT2D eigenvalue weighted by atomic mass is 79.9. The van der Waals surface area contributed by atoms with Crippen molar-refractivity contribution in [3.63, 3.8) is 0 Å². The number of hydrogen-bond acceptors (Lipinski definition) is 14. The Kier molecular flexibility index (Phi) is 8.72. The number of H-pyrrole nitrogens is 2. The molecule has 1 aliphatic heterocycles. The van der Waals surface area contributed by atoms with Gasteiger partial charge in [-0.1, -0.05) is 24.3 Å². The number of carbonyl (C=O) groups is 1. The van der Waals surface area contributed by atoms with E-state index in [0.29, 0.717) is 59.7 Å². The van der Waals surface area contributed by atoms with Crippen molar-refractivity contribution in [2.45, 2.75) is 30.2 Å². The number of carboxylic acid groups (broad SMARTS) is 1. The van der Waals surface area contributed by atoms with Gasteiger partial charge in [0.1, 0.15) is 11.6 Å². The number of nitrogens with zero attached hydrogens (tertiary/aromatic N) is 11. The number of para-hydroxylation sites is 4. The molecule has 1 amide bonds. The summed E-state index contributed by atoms with van der Waals surface area (Å²) in [5.41, 5.74) is 4.27. The second-order valence-corrected chi connectivity index (χ2v) is 17.0. The summed E-state index contributed by atoms with van der Waals surface area (Å²) >= 11 is 6.81. The van der Waals surface area contributed by atoms with Crippen molar-refractivity contribution in [3.8, 4) is 0 Å². The average Bonchev–Trinajstić information content (AvgIpc) is 3.80. The number of aromatic nitrogens is 12. The third kappa shape index (κ3) is 6.81. The predicted octanol–water partition coefficient (Wildman–Crippen LogP) is 4.00. The van der Waals surface area contributed by atoms with Crippen LogP contribution in [-0.4, -0.2) is 104 Å². The molecule has 1 aliphatic carbocycles. The Morgan fingerprint density at radius 2 is 1.39 bits per heavy atom. The Morgan fingerprint density at radius 1 is 0.839 bits per heavy atom. The lowest BCUT2D eigenvalue weighted by Gasteiger charge is -2.21. The molecule has 56 heavy (non-hydrogen) atoms. The average molecular weight is 907 g/mol. The van der Waals surface area contributed by atoms with Gasteiger partial charge in [-0.05, 0) is 62.5 Å². The molecule has 2 unspecified atom stereocenters. The summed E-state index contributed by atoms with van der Waals surface area (Å²) in [6.45, 7) is 2.02. The fraction of sp³-hybridized carbons (Fsp3) is 0.242. The molecule has 2 atom stereocenters. The van der Waals surface area contributed by atoms with Crippen LogP contribution in [0.25, 0.3) is 33.4 Å². The summed E-state index contributed by atoms with van der Waals surface area (Å²) in [7, 11) is -3.56. The van der Waals surface area contributed by atoms with Gasteiger partial charge >= 0.3 is 6.09 Å². The smallest absolute Gasteiger partial charge is 0.405 e. The molecule has 1 saturated carbocycles. The van der Waals surface area contributed by atoms with Crippen LogP contribution in [0.3, 0.4) is 0 Å². The summed E-state index contributed by atoms with van der Waals surface area (Å²) in [4.78, 5) is 46.2. The van der Waals surface area contributed by atoms with E-state index in [1.807, 2.05) is 53.4 Å². The van der Waals surface area contributed by atoms with Gasteiger partial charge in [0, 0.05) is 25.3 Å². The molecule has 23 heteroatoms. The van der Waals surface area contributed by atoms with Crippen molar-refractivity contribution in [1.29, 1.82) is 0 Å². The number of halogens is 2. The second-order valence-electron chi connectivity index (χ2n) is 13.4. The fourth-order valence-electron chi connectivity index (χ4n) is 6.75. The van der Waals surface area contributed by atoms with Crippen LogP contribution in [0.1, 0.15) is 18.1 Å². The minimum Gasteiger partial charge on any atom is -0.465 e. The Morgan fingerprint density at radius 3 is 1.95 bits per heavy atom. The maximum absolute atomic E-state index is 11.8. The highest BCUT2D eigenvalue weighted by Crippen LogP contribution is 2.50. The van der Waals surface area contributed by atoms with E-state index < -0.39 is 15.9 Å². The van der Waals surface area contributed by atoms with Gasteiger partial charge in [-0.25, -0.2) is 23.2 Å². The molecule has 286 valence electrons. The minimum absolute atomic E-state index is 0.261. The van der Waals surface area contributed by atoms with Crippen LogP contribution < -0.4 is 20.9 Å². The summed E-state index contributed by atoms with van der Waals surface area (Å²) in [5.74, 6) is 3.10. The Hall–Kier alpha value is -5.94. The third-order valence-corrected chi connectivity index (χ3v) is 11.4. The van der Waals surface area contributed by atoms with Gasteiger partial charge in [0.15, 0.2) is 11.3 Å². The van der Waals surface area contributed by atoms with Crippen LogP contribution in [-0.2, 0) is 22.9 Å². The number of fused-ring (bicyclic) bond motifs is 5. The van der Waals surface area contributed by atoms with Crippen molar-refractivity contribution in [2.75, 3.05) is 34.9 Å². The Bertz CT molecular complexity index is 2860. The molecule has 8 aromatic rings. The standard InChI is InChI=1S/C19H18BrN9O2.C14H12BrN7O2S/c20-11-6-22-29-15(11)25-17(28-8-10-5-19(10,9-28)27-18(30)31)26-16(29)21-7-14-23-12-3-1-2-4-13(12)24-14;1-25(23,24)14-20-12-8(15)6-17-22(12)13(21-14)16-7-11-18-9-4-2-3-5-10(9)19-11/h1-4,6,10,27H,5,7-9H2,(H,23,24)(H,30,31)(H,21,25,26);2-6H,7H2,1H3,(H,18,19)(H,16,20,21). The number of aromatic amines is 2. The molecular weight excluding hydrogens is 876 g/mol. The van der Waals surface area contributed by atoms with Gasteiger partial charge < -0.3 is 35.9 Å². The quantitative estimate of drug-likeness (QED) is 0.120. The highest BCUT2D eigenvalue weighted by Gasteiger charge is 2.61. The van der Waals surface area contributed by atoms with E-state index >= 15 is 0 Å². The molecule has 7 heterocycles. The van der Waals surface area contributed by atoms with E-state index in [2.05, 4.69) is 92.9 Å². The first-order valence-electron chi connectivity index (χ1n) is 17.1. The van der Waals surface area contributed by atoms with Crippen molar-refractivity contribution >= 4 is 99.0 Å². The molecule has 2 aliphatic rings. The predicted molar refractivity (Wildman–Crippen MR) is 211 cm³/mol. The maximum atomic E-state index is 11.8.